The predicted octanol–water partition coefficient (Wildman–Crippen LogP) is 5.61. The molecule has 6 aliphatic carbocycles. The van der Waals surface area contributed by atoms with Gasteiger partial charge >= 0.3 is 0 Å². The van der Waals surface area contributed by atoms with Gasteiger partial charge in [-0.2, -0.15) is 0 Å². The molecule has 0 saturated heterocycles. The predicted molar refractivity (Wildman–Crippen MR) is 120 cm³/mol. The third-order valence-electron chi connectivity index (χ3n) is 8.76. The summed E-state index contributed by atoms with van der Waals surface area (Å²) in [6.45, 7) is 1.17. The molecule has 4 bridgehead atoms. The Morgan fingerprint density at radius 2 is 1.59 bits per heavy atom. The Morgan fingerprint density at radius 3 is 2.21 bits per heavy atom. The van der Waals surface area contributed by atoms with E-state index in [2.05, 4.69) is 15.3 Å². The quantitative estimate of drug-likeness (QED) is 0.604. The highest BCUT2D eigenvalue weighted by Gasteiger charge is 2.50. The Labute approximate surface area is 180 Å². The summed E-state index contributed by atoms with van der Waals surface area (Å²) in [6.07, 6.45) is 21.2. The zero-order valence-corrected chi connectivity index (χ0v) is 18.9. The van der Waals surface area contributed by atoms with E-state index in [0.717, 1.165) is 23.8 Å². The zero-order valence-electron chi connectivity index (χ0n) is 18.1. The van der Waals surface area contributed by atoms with E-state index in [-0.39, 0.29) is 0 Å². The molecule has 0 atom stereocenters. The fourth-order valence-electron chi connectivity index (χ4n) is 7.68. The lowest BCUT2D eigenvalue weighted by Gasteiger charge is -2.57. The van der Waals surface area contributed by atoms with E-state index in [4.69, 9.17) is 4.99 Å². The number of nitrogens with one attached hydrogen (secondary N) is 1. The van der Waals surface area contributed by atoms with Gasteiger partial charge in [-0.25, -0.2) is 0 Å². The first kappa shape index (κ1) is 19.1. The van der Waals surface area contributed by atoms with Crippen LogP contribution in [0.5, 0.6) is 0 Å². The third-order valence-corrected chi connectivity index (χ3v) is 9.67. The van der Waals surface area contributed by atoms with Gasteiger partial charge in [0, 0.05) is 35.6 Å². The van der Waals surface area contributed by atoms with Gasteiger partial charge in [-0.15, -0.1) is 11.3 Å². The second-order valence-electron chi connectivity index (χ2n) is 11.3. The molecule has 4 heteroatoms. The summed E-state index contributed by atoms with van der Waals surface area (Å²) in [5.74, 6) is 3.11. The van der Waals surface area contributed by atoms with Gasteiger partial charge in [0.1, 0.15) is 0 Å². The maximum Gasteiger partial charge on any atom is 0.185 e. The van der Waals surface area contributed by atoms with Crippen LogP contribution in [0.15, 0.2) is 10.4 Å². The molecule has 1 N–H and O–H groups in total. The molecule has 160 valence electrons. The molecular weight excluding hydrogens is 374 g/mol. The van der Waals surface area contributed by atoms with Gasteiger partial charge in [0.2, 0.25) is 0 Å². The Hall–Kier alpha value is -0.610. The van der Waals surface area contributed by atoms with Gasteiger partial charge in [-0.05, 0) is 82.0 Å². The van der Waals surface area contributed by atoms with Gasteiger partial charge in [-0.1, -0.05) is 25.7 Å². The number of thiazole rings is 1. The standard InChI is InChI=1S/C25H39N3S/c1-2-4-6-21(5-3-1)27-24-28(22-7-8-22)23(17-29-24)9-10-26-25-14-18-11-19(15-25)13-20(12-18)16-25/h17-22,26H,1-16H2. The van der Waals surface area contributed by atoms with Crippen molar-refractivity contribution in [2.24, 2.45) is 22.7 Å². The van der Waals surface area contributed by atoms with Crippen LogP contribution in [0.2, 0.25) is 0 Å². The topological polar surface area (TPSA) is 29.3 Å². The van der Waals surface area contributed by atoms with Crippen LogP contribution in [0.4, 0.5) is 0 Å². The third kappa shape index (κ3) is 4.01. The summed E-state index contributed by atoms with van der Waals surface area (Å²) >= 11 is 1.92. The number of nitrogens with zero attached hydrogens (tertiary/aromatic N) is 2. The van der Waals surface area contributed by atoms with Crippen LogP contribution in [0.1, 0.15) is 102 Å². The molecule has 6 saturated carbocycles. The molecular formula is C25H39N3S. The van der Waals surface area contributed by atoms with Crippen LogP contribution in [-0.2, 0) is 6.42 Å². The van der Waals surface area contributed by atoms with Crippen molar-refractivity contribution >= 4 is 11.3 Å². The van der Waals surface area contributed by atoms with Crippen LogP contribution >= 0.6 is 11.3 Å². The molecule has 6 aliphatic rings. The Bertz CT molecular complexity index is 743. The van der Waals surface area contributed by atoms with Crippen molar-refractivity contribution in [3.8, 4) is 0 Å². The van der Waals surface area contributed by atoms with Crippen molar-refractivity contribution in [3.05, 3.63) is 15.9 Å². The molecule has 0 aromatic carbocycles. The van der Waals surface area contributed by atoms with Gasteiger partial charge in [-0.3, -0.25) is 4.99 Å². The molecule has 6 fully saturated rings. The lowest BCUT2D eigenvalue weighted by Crippen LogP contribution is -2.58. The van der Waals surface area contributed by atoms with E-state index in [9.17, 15) is 0 Å². The van der Waals surface area contributed by atoms with Crippen molar-refractivity contribution in [3.63, 3.8) is 0 Å². The second kappa shape index (κ2) is 7.82. The Balaban J connectivity index is 1.14. The summed E-state index contributed by atoms with van der Waals surface area (Å²) in [6, 6.07) is 1.33. The van der Waals surface area contributed by atoms with E-state index in [0.29, 0.717) is 11.6 Å². The summed E-state index contributed by atoms with van der Waals surface area (Å²) < 4.78 is 2.65. The lowest BCUT2D eigenvalue weighted by molar-refractivity contribution is -0.0193. The number of hydrogen-bond donors (Lipinski definition) is 1. The van der Waals surface area contributed by atoms with E-state index in [1.165, 1.54) is 108 Å². The van der Waals surface area contributed by atoms with Gasteiger partial charge in [0.15, 0.2) is 4.80 Å². The molecule has 1 heterocycles. The summed E-state index contributed by atoms with van der Waals surface area (Å²) in [4.78, 5) is 6.62. The fourth-order valence-corrected chi connectivity index (χ4v) is 8.74. The monoisotopic (exact) mass is 413 g/mol. The van der Waals surface area contributed by atoms with E-state index in [1.54, 1.807) is 5.69 Å². The molecule has 7 rings (SSSR count). The Kier molecular flexibility index (Phi) is 5.15. The lowest BCUT2D eigenvalue weighted by atomic mass is 9.53. The summed E-state index contributed by atoms with van der Waals surface area (Å²) in [5.41, 5.74) is 2.06. The minimum atomic E-state index is 0.503. The van der Waals surface area contributed by atoms with E-state index in [1.807, 2.05) is 11.3 Å². The van der Waals surface area contributed by atoms with E-state index >= 15 is 0 Å². The second-order valence-corrected chi connectivity index (χ2v) is 12.1. The SMILES string of the molecule is c1sc(=NC2CCCCCC2)n(C2CC2)c1CCNC12CC3CC(CC(C3)C1)C2. The summed E-state index contributed by atoms with van der Waals surface area (Å²) in [5, 5.41) is 6.56. The fraction of sp³-hybridized carbons (Fsp3) is 0.880. The highest BCUT2D eigenvalue weighted by molar-refractivity contribution is 7.07. The van der Waals surface area contributed by atoms with Crippen molar-refractivity contribution in [1.29, 1.82) is 0 Å². The number of rotatable bonds is 6. The summed E-state index contributed by atoms with van der Waals surface area (Å²) in [7, 11) is 0. The molecule has 0 radical (unpaired) electrons. The van der Waals surface area contributed by atoms with Gasteiger partial charge in [0.25, 0.3) is 0 Å². The minimum Gasteiger partial charge on any atom is -0.318 e. The van der Waals surface area contributed by atoms with Crippen molar-refractivity contribution in [2.75, 3.05) is 6.54 Å². The van der Waals surface area contributed by atoms with Crippen LogP contribution < -0.4 is 10.1 Å². The van der Waals surface area contributed by atoms with E-state index < -0.39 is 0 Å². The maximum absolute atomic E-state index is 5.28. The van der Waals surface area contributed by atoms with Gasteiger partial charge < -0.3 is 9.88 Å². The van der Waals surface area contributed by atoms with Crippen molar-refractivity contribution in [2.45, 2.75) is 114 Å². The zero-order chi connectivity index (χ0) is 19.3. The number of aromatic nitrogens is 1. The minimum absolute atomic E-state index is 0.503. The van der Waals surface area contributed by atoms with Crippen molar-refractivity contribution in [1.82, 2.24) is 9.88 Å². The highest BCUT2D eigenvalue weighted by atomic mass is 32.1. The normalized spacial score (nSPS) is 37.9. The largest absolute Gasteiger partial charge is 0.318 e. The average Bonchev–Trinajstić information content (AvgIpc) is 3.48. The van der Waals surface area contributed by atoms with Crippen LogP contribution in [0, 0.1) is 17.8 Å². The van der Waals surface area contributed by atoms with Crippen LogP contribution in [0.3, 0.4) is 0 Å². The van der Waals surface area contributed by atoms with Crippen LogP contribution in [0.25, 0.3) is 0 Å². The molecule has 1 aromatic heterocycles. The molecule has 3 nitrogen and oxygen atoms in total. The first-order valence-electron chi connectivity index (χ1n) is 12.7. The van der Waals surface area contributed by atoms with Crippen molar-refractivity contribution < 1.29 is 0 Å². The first-order chi connectivity index (χ1) is 14.3. The smallest absolute Gasteiger partial charge is 0.185 e. The van der Waals surface area contributed by atoms with Gasteiger partial charge in [0.05, 0.1) is 6.04 Å². The highest BCUT2D eigenvalue weighted by Crippen LogP contribution is 2.55. The molecule has 0 spiro atoms. The average molecular weight is 414 g/mol. The first-order valence-corrected chi connectivity index (χ1v) is 13.6. The molecule has 1 aromatic rings. The Morgan fingerprint density at radius 1 is 0.931 bits per heavy atom. The number of hydrogen-bond acceptors (Lipinski definition) is 3. The molecule has 0 amide bonds. The molecule has 29 heavy (non-hydrogen) atoms. The molecule has 0 aliphatic heterocycles. The maximum atomic E-state index is 5.28. The van der Waals surface area contributed by atoms with Crippen LogP contribution in [-0.4, -0.2) is 22.7 Å². The molecule has 0 unspecified atom stereocenters.